The third-order valence-electron chi connectivity index (χ3n) is 3.79. The summed E-state index contributed by atoms with van der Waals surface area (Å²) < 4.78 is 27.2. The van der Waals surface area contributed by atoms with Crippen molar-refractivity contribution in [1.29, 1.82) is 5.26 Å². The van der Waals surface area contributed by atoms with Crippen molar-refractivity contribution in [3.63, 3.8) is 0 Å². The predicted molar refractivity (Wildman–Crippen MR) is 80.1 cm³/mol. The second-order valence-electron chi connectivity index (χ2n) is 5.36. The van der Waals surface area contributed by atoms with Gasteiger partial charge >= 0.3 is 0 Å². The third-order valence-corrected chi connectivity index (χ3v) is 5.91. The molecular weight excluding hydrogens is 288 g/mol. The molecule has 1 aromatic rings. The maximum Gasteiger partial charge on any atom is 0.243 e. The van der Waals surface area contributed by atoms with Gasteiger partial charge in [-0.05, 0) is 37.7 Å². The van der Waals surface area contributed by atoms with Crippen molar-refractivity contribution < 1.29 is 8.42 Å². The highest BCUT2D eigenvalue weighted by Gasteiger charge is 2.35. The number of piperazine rings is 1. The van der Waals surface area contributed by atoms with Crippen LogP contribution in [0.4, 0.5) is 0 Å². The first kappa shape index (κ1) is 15.9. The van der Waals surface area contributed by atoms with E-state index in [1.54, 1.807) is 13.0 Å². The highest BCUT2D eigenvalue weighted by atomic mass is 32.2. The van der Waals surface area contributed by atoms with E-state index in [2.05, 4.69) is 4.90 Å². The number of rotatable bonds is 3. The summed E-state index contributed by atoms with van der Waals surface area (Å²) in [7, 11) is -1.63. The van der Waals surface area contributed by atoms with Crippen molar-refractivity contribution in [1.82, 2.24) is 9.21 Å². The summed E-state index contributed by atoms with van der Waals surface area (Å²) in [6, 6.07) is 6.44. The van der Waals surface area contributed by atoms with Crippen molar-refractivity contribution in [2.45, 2.75) is 17.9 Å². The maximum absolute atomic E-state index is 12.9. The van der Waals surface area contributed by atoms with Crippen molar-refractivity contribution in [3.8, 4) is 6.07 Å². The van der Waals surface area contributed by atoms with Crippen LogP contribution in [0.3, 0.4) is 0 Å². The Morgan fingerprint density at radius 1 is 1.43 bits per heavy atom. The quantitative estimate of drug-likeness (QED) is 0.857. The van der Waals surface area contributed by atoms with Crippen molar-refractivity contribution in [3.05, 3.63) is 29.3 Å². The molecule has 0 bridgehead atoms. The lowest BCUT2D eigenvalue weighted by Gasteiger charge is -2.38. The summed E-state index contributed by atoms with van der Waals surface area (Å²) >= 11 is 0. The van der Waals surface area contributed by atoms with Gasteiger partial charge < -0.3 is 10.6 Å². The summed E-state index contributed by atoms with van der Waals surface area (Å²) in [5, 5.41) is 8.88. The van der Waals surface area contributed by atoms with E-state index in [4.69, 9.17) is 11.0 Å². The molecule has 21 heavy (non-hydrogen) atoms. The normalized spacial score (nSPS) is 21.1. The van der Waals surface area contributed by atoms with Crippen molar-refractivity contribution in [2.24, 2.45) is 5.73 Å². The highest BCUT2D eigenvalue weighted by molar-refractivity contribution is 7.89. The van der Waals surface area contributed by atoms with Gasteiger partial charge in [-0.25, -0.2) is 8.42 Å². The van der Waals surface area contributed by atoms with Gasteiger partial charge in [0, 0.05) is 26.2 Å². The molecule has 1 saturated heterocycles. The summed E-state index contributed by atoms with van der Waals surface area (Å²) in [5.41, 5.74) is 6.78. The molecule has 2 N–H and O–H groups in total. The summed E-state index contributed by atoms with van der Waals surface area (Å²) in [4.78, 5) is 2.33. The monoisotopic (exact) mass is 308 g/mol. The van der Waals surface area contributed by atoms with E-state index in [0.29, 0.717) is 37.3 Å². The molecule has 0 aromatic heterocycles. The van der Waals surface area contributed by atoms with Gasteiger partial charge in [0.1, 0.15) is 0 Å². The van der Waals surface area contributed by atoms with Crippen LogP contribution in [0.25, 0.3) is 0 Å². The van der Waals surface area contributed by atoms with E-state index in [9.17, 15) is 8.42 Å². The van der Waals surface area contributed by atoms with Gasteiger partial charge in [-0.15, -0.1) is 0 Å². The van der Waals surface area contributed by atoms with E-state index in [-0.39, 0.29) is 10.9 Å². The molecule has 1 fully saturated rings. The van der Waals surface area contributed by atoms with E-state index >= 15 is 0 Å². The first-order chi connectivity index (χ1) is 9.90. The van der Waals surface area contributed by atoms with E-state index in [1.165, 1.54) is 16.4 Å². The minimum Gasteiger partial charge on any atom is -0.329 e. The zero-order valence-corrected chi connectivity index (χ0v) is 13.1. The Labute approximate surface area is 125 Å². The van der Waals surface area contributed by atoms with Gasteiger partial charge in [-0.1, -0.05) is 0 Å². The summed E-state index contributed by atoms with van der Waals surface area (Å²) in [6.07, 6.45) is 0. The Bertz CT molecular complexity index is 666. The Morgan fingerprint density at radius 3 is 2.71 bits per heavy atom. The average Bonchev–Trinajstić information content (AvgIpc) is 2.46. The van der Waals surface area contributed by atoms with Crippen LogP contribution in [0.1, 0.15) is 11.1 Å². The zero-order chi connectivity index (χ0) is 15.6. The van der Waals surface area contributed by atoms with Crippen LogP contribution in [-0.4, -0.2) is 56.9 Å². The molecule has 0 amide bonds. The number of sulfonamides is 1. The second-order valence-corrected chi connectivity index (χ2v) is 7.22. The number of nitriles is 1. The number of nitrogens with two attached hydrogens (primary N) is 1. The van der Waals surface area contributed by atoms with Crippen molar-refractivity contribution in [2.75, 3.05) is 33.2 Å². The van der Waals surface area contributed by atoms with Gasteiger partial charge in [0.2, 0.25) is 10.0 Å². The molecule has 2 rings (SSSR count). The molecule has 7 heteroatoms. The van der Waals surface area contributed by atoms with Gasteiger partial charge in [-0.2, -0.15) is 9.57 Å². The number of hydrogen-bond acceptors (Lipinski definition) is 5. The molecule has 1 unspecified atom stereocenters. The first-order valence-electron chi connectivity index (χ1n) is 6.81. The molecule has 1 aromatic carbocycles. The molecule has 1 aliphatic heterocycles. The first-order valence-corrected chi connectivity index (χ1v) is 8.25. The molecule has 1 atom stereocenters. The van der Waals surface area contributed by atoms with E-state index < -0.39 is 10.0 Å². The second kappa shape index (κ2) is 6.12. The Kier molecular flexibility index (Phi) is 4.64. The number of likely N-dealkylation sites (N-methyl/N-ethyl adjacent to an activating group) is 1. The number of hydrogen-bond donors (Lipinski definition) is 1. The zero-order valence-electron chi connectivity index (χ0n) is 12.3. The minimum absolute atomic E-state index is 0.219. The maximum atomic E-state index is 12.9. The molecule has 0 saturated carbocycles. The summed E-state index contributed by atoms with van der Waals surface area (Å²) in [6.45, 7) is 3.75. The fourth-order valence-electron chi connectivity index (χ4n) is 2.64. The minimum atomic E-state index is -3.59. The largest absolute Gasteiger partial charge is 0.329 e. The van der Waals surface area contributed by atoms with Gasteiger partial charge in [0.25, 0.3) is 0 Å². The predicted octanol–water partition coefficient (Wildman–Crippen LogP) is 0.130. The molecular formula is C14H20N4O2S. The Hall–Kier alpha value is -1.46. The van der Waals surface area contributed by atoms with E-state index in [0.717, 1.165) is 0 Å². The molecule has 6 nitrogen and oxygen atoms in total. The van der Waals surface area contributed by atoms with Gasteiger partial charge in [0.15, 0.2) is 0 Å². The van der Waals surface area contributed by atoms with Crippen LogP contribution in [0.15, 0.2) is 23.1 Å². The Balaban J connectivity index is 2.40. The lowest BCUT2D eigenvalue weighted by molar-refractivity contribution is 0.164. The molecule has 0 aliphatic carbocycles. The molecule has 1 aliphatic rings. The fraction of sp³-hybridized carbons (Fsp3) is 0.500. The average molecular weight is 308 g/mol. The van der Waals surface area contributed by atoms with Crippen LogP contribution >= 0.6 is 0 Å². The molecule has 114 valence electrons. The van der Waals surface area contributed by atoms with E-state index in [1.807, 2.05) is 13.1 Å². The third kappa shape index (κ3) is 3.09. The lowest BCUT2D eigenvalue weighted by atomic mass is 10.2. The SMILES string of the molecule is Cc1cc(C#N)ccc1S(=O)(=O)N1CCN(C)CC1CN. The smallest absolute Gasteiger partial charge is 0.243 e. The van der Waals surface area contributed by atoms with Gasteiger partial charge in [-0.3, -0.25) is 0 Å². The standard InChI is InChI=1S/C14H20N4O2S/c1-11-7-12(8-15)3-4-14(11)21(19,20)18-6-5-17(2)10-13(18)9-16/h3-4,7,13H,5-6,9-10,16H2,1-2H3. The number of nitrogens with zero attached hydrogens (tertiary/aromatic N) is 3. The van der Waals surface area contributed by atoms with Crippen LogP contribution < -0.4 is 5.73 Å². The number of benzene rings is 1. The highest BCUT2D eigenvalue weighted by Crippen LogP contribution is 2.24. The molecule has 0 spiro atoms. The van der Waals surface area contributed by atoms with Crippen LogP contribution in [-0.2, 0) is 10.0 Å². The lowest BCUT2D eigenvalue weighted by Crippen LogP contribution is -2.56. The van der Waals surface area contributed by atoms with Crippen LogP contribution in [0.5, 0.6) is 0 Å². The molecule has 0 radical (unpaired) electrons. The topological polar surface area (TPSA) is 90.4 Å². The molecule has 1 heterocycles. The van der Waals surface area contributed by atoms with Crippen LogP contribution in [0, 0.1) is 18.3 Å². The Morgan fingerprint density at radius 2 is 2.14 bits per heavy atom. The summed E-state index contributed by atoms with van der Waals surface area (Å²) in [5.74, 6) is 0. The fourth-order valence-corrected chi connectivity index (χ4v) is 4.46. The number of aryl methyl sites for hydroxylation is 1. The van der Waals surface area contributed by atoms with Crippen LogP contribution in [0.2, 0.25) is 0 Å². The van der Waals surface area contributed by atoms with Gasteiger partial charge in [0.05, 0.1) is 22.6 Å². The van der Waals surface area contributed by atoms with Crippen molar-refractivity contribution >= 4 is 10.0 Å².